The molecule has 0 saturated carbocycles. The smallest absolute Gasteiger partial charge is 0.246 e. The highest BCUT2D eigenvalue weighted by atomic mass is 35.5. The summed E-state index contributed by atoms with van der Waals surface area (Å²) in [6.07, 6.45) is 1.74. The number of benzene rings is 1. The quantitative estimate of drug-likeness (QED) is 0.698. The van der Waals surface area contributed by atoms with Crippen LogP contribution in [0, 0.1) is 0 Å². The van der Waals surface area contributed by atoms with Crippen molar-refractivity contribution < 1.29 is 13.2 Å². The van der Waals surface area contributed by atoms with Gasteiger partial charge in [0.2, 0.25) is 5.91 Å². The highest BCUT2D eigenvalue weighted by Gasteiger charge is 2.30. The molecule has 0 aliphatic carbocycles. The molecule has 1 unspecified atom stereocenters. The molecule has 0 saturated heterocycles. The molecule has 1 amide bonds. The van der Waals surface area contributed by atoms with Crippen molar-refractivity contribution in [1.29, 1.82) is 0 Å². The Morgan fingerprint density at radius 1 is 1.36 bits per heavy atom. The zero-order valence-corrected chi connectivity index (χ0v) is 17.1. The molecule has 1 heterocycles. The number of rotatable bonds is 6. The molecule has 1 aromatic heterocycles. The van der Waals surface area contributed by atoms with E-state index in [1.807, 2.05) is 6.92 Å². The van der Waals surface area contributed by atoms with E-state index in [0.29, 0.717) is 39.4 Å². The first kappa shape index (κ1) is 20.2. The van der Waals surface area contributed by atoms with Crippen molar-refractivity contribution in [3.63, 3.8) is 0 Å². The summed E-state index contributed by atoms with van der Waals surface area (Å²) in [6, 6.07) is 5.09. The summed E-state index contributed by atoms with van der Waals surface area (Å²) in [5.41, 5.74) is 1.32. The van der Waals surface area contributed by atoms with E-state index in [4.69, 9.17) is 23.2 Å². The number of nitrogens with zero attached hydrogens (tertiary/aromatic N) is 2. The second kappa shape index (κ2) is 8.03. The van der Waals surface area contributed by atoms with Crippen LogP contribution in [0.15, 0.2) is 23.6 Å². The molecule has 9 heteroatoms. The number of hydrogen-bond acceptors (Lipinski definition) is 5. The van der Waals surface area contributed by atoms with Gasteiger partial charge in [-0.2, -0.15) is 0 Å². The molecular weight excluding hydrogens is 403 g/mol. The molecule has 0 bridgehead atoms. The van der Waals surface area contributed by atoms with Crippen LogP contribution in [0.4, 0.5) is 5.13 Å². The van der Waals surface area contributed by atoms with Crippen molar-refractivity contribution in [3.8, 4) is 11.3 Å². The van der Waals surface area contributed by atoms with Crippen LogP contribution in [0.25, 0.3) is 11.3 Å². The fourth-order valence-electron chi connectivity index (χ4n) is 2.14. The number of thiazole rings is 1. The van der Waals surface area contributed by atoms with Crippen molar-refractivity contribution >= 4 is 55.4 Å². The molecule has 0 N–H and O–H groups in total. The average molecular weight is 421 g/mol. The molecule has 0 spiro atoms. The standard InChI is InChI=1S/C16H18Cl2N2O3S2/c1-4-7-20(15(21)10(2)25(3,22)23)16-19-14(9-24-16)12-6-5-11(17)8-13(12)18/h5-6,8-10H,4,7H2,1-3H3. The number of carbonyl (C=O) groups excluding carboxylic acids is 1. The molecule has 0 radical (unpaired) electrons. The molecule has 0 fully saturated rings. The largest absolute Gasteiger partial charge is 0.287 e. The summed E-state index contributed by atoms with van der Waals surface area (Å²) in [4.78, 5) is 18.5. The van der Waals surface area contributed by atoms with E-state index in [-0.39, 0.29) is 0 Å². The first-order chi connectivity index (χ1) is 11.6. The second-order valence-electron chi connectivity index (χ2n) is 5.60. The van der Waals surface area contributed by atoms with Gasteiger partial charge in [-0.1, -0.05) is 30.1 Å². The van der Waals surface area contributed by atoms with E-state index >= 15 is 0 Å². The van der Waals surface area contributed by atoms with Gasteiger partial charge in [-0.25, -0.2) is 13.4 Å². The Labute approximate surface area is 161 Å². The Morgan fingerprint density at radius 2 is 2.04 bits per heavy atom. The van der Waals surface area contributed by atoms with Crippen molar-refractivity contribution in [2.75, 3.05) is 17.7 Å². The van der Waals surface area contributed by atoms with Crippen LogP contribution in [0.5, 0.6) is 0 Å². The van der Waals surface area contributed by atoms with Gasteiger partial charge in [0.25, 0.3) is 0 Å². The second-order valence-corrected chi connectivity index (χ2v) is 9.65. The van der Waals surface area contributed by atoms with E-state index in [1.165, 1.54) is 23.2 Å². The number of sulfone groups is 1. The molecule has 5 nitrogen and oxygen atoms in total. The monoisotopic (exact) mass is 420 g/mol. The molecule has 1 atom stereocenters. The fourth-order valence-corrected chi connectivity index (χ4v) is 3.99. The first-order valence-electron chi connectivity index (χ1n) is 7.56. The third kappa shape index (κ3) is 4.73. The molecule has 1 aromatic carbocycles. The summed E-state index contributed by atoms with van der Waals surface area (Å²) in [5.74, 6) is -0.479. The lowest BCUT2D eigenvalue weighted by Crippen LogP contribution is -2.41. The Bertz CT molecular complexity index is 881. The van der Waals surface area contributed by atoms with E-state index < -0.39 is 21.0 Å². The van der Waals surface area contributed by atoms with Crippen molar-refractivity contribution in [2.24, 2.45) is 0 Å². The Hall–Kier alpha value is -1.15. The van der Waals surface area contributed by atoms with E-state index in [0.717, 1.165) is 6.26 Å². The molecular formula is C16H18Cl2N2O3S2. The fraction of sp³-hybridized carbons (Fsp3) is 0.375. The van der Waals surface area contributed by atoms with Gasteiger partial charge in [-0.3, -0.25) is 9.69 Å². The van der Waals surface area contributed by atoms with Crippen LogP contribution in [0.2, 0.25) is 10.0 Å². The highest BCUT2D eigenvalue weighted by Crippen LogP contribution is 2.33. The normalized spacial score (nSPS) is 12.8. The number of halogens is 2. The Kier molecular flexibility index (Phi) is 6.48. The number of hydrogen-bond donors (Lipinski definition) is 0. The van der Waals surface area contributed by atoms with Gasteiger partial charge in [-0.15, -0.1) is 11.3 Å². The van der Waals surface area contributed by atoms with Gasteiger partial charge in [0.05, 0.1) is 10.7 Å². The number of carbonyl (C=O) groups is 1. The van der Waals surface area contributed by atoms with Gasteiger partial charge in [-0.05, 0) is 31.5 Å². The van der Waals surface area contributed by atoms with Crippen LogP contribution in [-0.4, -0.2) is 37.4 Å². The van der Waals surface area contributed by atoms with Crippen molar-refractivity contribution in [2.45, 2.75) is 25.5 Å². The van der Waals surface area contributed by atoms with E-state index in [2.05, 4.69) is 4.98 Å². The van der Waals surface area contributed by atoms with Gasteiger partial charge >= 0.3 is 0 Å². The maximum Gasteiger partial charge on any atom is 0.246 e. The highest BCUT2D eigenvalue weighted by molar-refractivity contribution is 7.92. The lowest BCUT2D eigenvalue weighted by molar-refractivity contribution is -0.118. The Morgan fingerprint density at radius 3 is 2.60 bits per heavy atom. The molecule has 0 aliphatic heterocycles. The maximum atomic E-state index is 12.6. The number of amides is 1. The third-order valence-electron chi connectivity index (χ3n) is 3.63. The first-order valence-corrected chi connectivity index (χ1v) is 11.1. The topological polar surface area (TPSA) is 67.3 Å². The van der Waals surface area contributed by atoms with E-state index in [1.54, 1.807) is 23.6 Å². The minimum absolute atomic E-state index is 0.389. The SMILES string of the molecule is CCCN(C(=O)C(C)S(C)(=O)=O)c1nc(-c2ccc(Cl)cc2Cl)cs1. The Balaban J connectivity index is 2.38. The minimum Gasteiger partial charge on any atom is -0.287 e. The summed E-state index contributed by atoms with van der Waals surface area (Å²) in [5, 5.41) is 2.09. The minimum atomic E-state index is -3.48. The lowest BCUT2D eigenvalue weighted by atomic mass is 10.2. The van der Waals surface area contributed by atoms with Crippen LogP contribution < -0.4 is 4.90 Å². The van der Waals surface area contributed by atoms with Crippen LogP contribution in [-0.2, 0) is 14.6 Å². The maximum absolute atomic E-state index is 12.6. The van der Waals surface area contributed by atoms with Crippen LogP contribution in [0.3, 0.4) is 0 Å². The molecule has 136 valence electrons. The molecule has 25 heavy (non-hydrogen) atoms. The molecule has 2 aromatic rings. The summed E-state index contributed by atoms with van der Waals surface area (Å²) < 4.78 is 23.4. The summed E-state index contributed by atoms with van der Waals surface area (Å²) in [7, 11) is -3.48. The molecule has 0 aliphatic rings. The predicted molar refractivity (Wildman–Crippen MR) is 105 cm³/mol. The van der Waals surface area contributed by atoms with Crippen LogP contribution in [0.1, 0.15) is 20.3 Å². The number of aromatic nitrogens is 1. The summed E-state index contributed by atoms with van der Waals surface area (Å²) >= 11 is 13.4. The van der Waals surface area contributed by atoms with Crippen molar-refractivity contribution in [1.82, 2.24) is 4.98 Å². The predicted octanol–water partition coefficient (Wildman–Crippen LogP) is 4.29. The van der Waals surface area contributed by atoms with Gasteiger partial charge in [0, 0.05) is 28.8 Å². The van der Waals surface area contributed by atoms with Gasteiger partial charge < -0.3 is 0 Å². The van der Waals surface area contributed by atoms with Gasteiger partial charge in [0.1, 0.15) is 5.25 Å². The number of anilines is 1. The van der Waals surface area contributed by atoms with Gasteiger partial charge in [0.15, 0.2) is 15.0 Å². The summed E-state index contributed by atoms with van der Waals surface area (Å²) in [6.45, 7) is 3.70. The van der Waals surface area contributed by atoms with Crippen molar-refractivity contribution in [3.05, 3.63) is 33.6 Å². The van der Waals surface area contributed by atoms with Crippen LogP contribution >= 0.6 is 34.5 Å². The zero-order chi connectivity index (χ0) is 18.8. The third-order valence-corrected chi connectivity index (χ3v) is 6.53. The molecule has 2 rings (SSSR count). The zero-order valence-electron chi connectivity index (χ0n) is 14.0. The average Bonchev–Trinajstić information content (AvgIpc) is 2.99. The lowest BCUT2D eigenvalue weighted by Gasteiger charge is -2.22. The van der Waals surface area contributed by atoms with E-state index in [9.17, 15) is 13.2 Å².